The lowest BCUT2D eigenvalue weighted by molar-refractivity contribution is -0.185. The number of allylic oxidation sites excluding steroid dienone is 2. The molecule has 0 radical (unpaired) electrons. The molecule has 1 aliphatic carbocycles. The Morgan fingerprint density at radius 2 is 2.00 bits per heavy atom. The number of amides is 1. The minimum absolute atomic E-state index is 0.0225. The van der Waals surface area contributed by atoms with E-state index in [2.05, 4.69) is 0 Å². The maximum absolute atomic E-state index is 12.4. The van der Waals surface area contributed by atoms with E-state index in [0.29, 0.717) is 6.61 Å². The van der Waals surface area contributed by atoms with E-state index in [1.54, 1.807) is 17.1 Å². The van der Waals surface area contributed by atoms with Crippen molar-refractivity contribution < 1.29 is 14.3 Å². The van der Waals surface area contributed by atoms with Crippen molar-refractivity contribution in [1.82, 2.24) is 4.90 Å². The first-order chi connectivity index (χ1) is 8.50. The summed E-state index contributed by atoms with van der Waals surface area (Å²) in [4.78, 5) is 25.4. The van der Waals surface area contributed by atoms with Crippen LogP contribution < -0.4 is 0 Å². The van der Waals surface area contributed by atoms with Crippen molar-refractivity contribution in [2.24, 2.45) is 5.92 Å². The second-order valence-corrected chi connectivity index (χ2v) is 5.04. The van der Waals surface area contributed by atoms with E-state index in [0.717, 1.165) is 6.42 Å². The van der Waals surface area contributed by atoms with Gasteiger partial charge in [-0.05, 0) is 44.6 Å². The van der Waals surface area contributed by atoms with Crippen LogP contribution in [0.2, 0.25) is 0 Å². The number of nitrogens with zero attached hydrogens (tertiary/aromatic N) is 1. The number of ketones is 1. The van der Waals surface area contributed by atoms with Gasteiger partial charge < -0.3 is 9.64 Å². The van der Waals surface area contributed by atoms with Crippen LogP contribution in [0.1, 0.15) is 27.2 Å². The second-order valence-electron chi connectivity index (χ2n) is 5.04. The standard InChI is InChI=1S/C14H19NO3/c1-4-11-9-18-14(7-5-12(16)6-8-14)15(10(2)3)13(11)17/h5-8,10-11H,4,9H2,1-3H3. The summed E-state index contributed by atoms with van der Waals surface area (Å²) in [6, 6.07) is 0.0225. The van der Waals surface area contributed by atoms with Crippen molar-refractivity contribution in [2.45, 2.75) is 39.0 Å². The Hall–Kier alpha value is -1.42. The Bertz CT molecular complexity index is 407. The van der Waals surface area contributed by atoms with E-state index in [1.165, 1.54) is 12.2 Å². The third-order valence-electron chi connectivity index (χ3n) is 3.46. The van der Waals surface area contributed by atoms with Crippen LogP contribution in [0.5, 0.6) is 0 Å². The molecule has 18 heavy (non-hydrogen) atoms. The molecule has 0 N–H and O–H groups in total. The van der Waals surface area contributed by atoms with Crippen LogP contribution in [-0.4, -0.2) is 35.0 Å². The first-order valence-electron chi connectivity index (χ1n) is 6.39. The van der Waals surface area contributed by atoms with Crippen molar-refractivity contribution in [3.8, 4) is 0 Å². The molecule has 1 saturated heterocycles. The summed E-state index contributed by atoms with van der Waals surface area (Å²) in [6.45, 7) is 6.30. The lowest BCUT2D eigenvalue weighted by atomic mass is 9.95. The molecule has 0 saturated carbocycles. The molecule has 0 aromatic carbocycles. The Kier molecular flexibility index (Phi) is 3.39. The average Bonchev–Trinajstić information content (AvgIpc) is 2.33. The summed E-state index contributed by atoms with van der Waals surface area (Å²) in [5.74, 6) is -0.0575. The first kappa shape index (κ1) is 13.0. The van der Waals surface area contributed by atoms with E-state index < -0.39 is 5.72 Å². The Morgan fingerprint density at radius 1 is 1.39 bits per heavy atom. The van der Waals surface area contributed by atoms with E-state index >= 15 is 0 Å². The Balaban J connectivity index is 2.36. The number of carbonyl (C=O) groups excluding carboxylic acids is 2. The monoisotopic (exact) mass is 249 g/mol. The fourth-order valence-corrected chi connectivity index (χ4v) is 2.47. The SMILES string of the molecule is CCC1COC2(C=CC(=O)C=C2)N(C(C)C)C1=O. The second kappa shape index (κ2) is 4.69. The molecule has 1 amide bonds. The molecule has 2 rings (SSSR count). The van der Waals surface area contributed by atoms with Gasteiger partial charge in [-0.15, -0.1) is 0 Å². The fraction of sp³-hybridized carbons (Fsp3) is 0.571. The van der Waals surface area contributed by atoms with Gasteiger partial charge >= 0.3 is 0 Å². The predicted molar refractivity (Wildman–Crippen MR) is 67.7 cm³/mol. The molecular weight excluding hydrogens is 230 g/mol. The van der Waals surface area contributed by atoms with Gasteiger partial charge in [0.05, 0.1) is 12.5 Å². The zero-order valence-electron chi connectivity index (χ0n) is 11.1. The maximum Gasteiger partial charge on any atom is 0.230 e. The Morgan fingerprint density at radius 3 is 2.50 bits per heavy atom. The van der Waals surface area contributed by atoms with Gasteiger partial charge in [0.25, 0.3) is 0 Å². The molecule has 1 spiro atoms. The van der Waals surface area contributed by atoms with Crippen LogP contribution in [0, 0.1) is 5.92 Å². The lowest BCUT2D eigenvalue weighted by Gasteiger charge is -2.48. The van der Waals surface area contributed by atoms with Crippen molar-refractivity contribution in [1.29, 1.82) is 0 Å². The normalized spacial score (nSPS) is 26.4. The number of ether oxygens (including phenoxy) is 1. The number of hydrogen-bond donors (Lipinski definition) is 0. The van der Waals surface area contributed by atoms with Crippen LogP contribution in [-0.2, 0) is 14.3 Å². The number of carbonyl (C=O) groups is 2. The zero-order valence-corrected chi connectivity index (χ0v) is 11.1. The molecule has 1 fully saturated rings. The molecule has 1 unspecified atom stereocenters. The summed E-state index contributed by atoms with van der Waals surface area (Å²) >= 11 is 0. The molecular formula is C14H19NO3. The molecule has 0 bridgehead atoms. The lowest BCUT2D eigenvalue weighted by Crippen LogP contribution is -2.61. The van der Waals surface area contributed by atoms with Gasteiger partial charge in [-0.2, -0.15) is 0 Å². The third-order valence-corrected chi connectivity index (χ3v) is 3.46. The third kappa shape index (κ3) is 2.01. The van der Waals surface area contributed by atoms with Gasteiger partial charge in [0.15, 0.2) is 11.5 Å². The van der Waals surface area contributed by atoms with Crippen LogP contribution in [0.4, 0.5) is 0 Å². The van der Waals surface area contributed by atoms with E-state index in [4.69, 9.17) is 4.74 Å². The molecule has 0 aromatic rings. The van der Waals surface area contributed by atoms with Crippen molar-refractivity contribution in [3.63, 3.8) is 0 Å². The predicted octanol–water partition coefficient (Wildman–Crippen LogP) is 1.67. The summed E-state index contributed by atoms with van der Waals surface area (Å²) in [5.41, 5.74) is -0.870. The summed E-state index contributed by atoms with van der Waals surface area (Å²) in [6.07, 6.45) is 7.06. The van der Waals surface area contributed by atoms with Crippen molar-refractivity contribution >= 4 is 11.7 Å². The van der Waals surface area contributed by atoms with Crippen LogP contribution in [0.15, 0.2) is 24.3 Å². The van der Waals surface area contributed by atoms with Crippen molar-refractivity contribution in [2.75, 3.05) is 6.61 Å². The van der Waals surface area contributed by atoms with Gasteiger partial charge in [-0.3, -0.25) is 9.59 Å². The average molecular weight is 249 g/mol. The number of rotatable bonds is 2. The van der Waals surface area contributed by atoms with Gasteiger partial charge in [0, 0.05) is 6.04 Å². The largest absolute Gasteiger partial charge is 0.347 e. The Labute approximate surface area is 107 Å². The van der Waals surface area contributed by atoms with Crippen LogP contribution >= 0.6 is 0 Å². The smallest absolute Gasteiger partial charge is 0.230 e. The quantitative estimate of drug-likeness (QED) is 0.748. The van der Waals surface area contributed by atoms with Crippen LogP contribution in [0.3, 0.4) is 0 Å². The molecule has 1 atom stereocenters. The molecule has 2 aliphatic rings. The van der Waals surface area contributed by atoms with Gasteiger partial charge in [-0.1, -0.05) is 6.92 Å². The molecule has 0 aromatic heterocycles. The highest BCUT2D eigenvalue weighted by molar-refractivity contribution is 6.01. The topological polar surface area (TPSA) is 46.6 Å². The van der Waals surface area contributed by atoms with E-state index in [-0.39, 0.29) is 23.7 Å². The molecule has 98 valence electrons. The highest BCUT2D eigenvalue weighted by Gasteiger charge is 2.46. The van der Waals surface area contributed by atoms with Crippen molar-refractivity contribution in [3.05, 3.63) is 24.3 Å². The fourth-order valence-electron chi connectivity index (χ4n) is 2.47. The van der Waals surface area contributed by atoms with Gasteiger partial charge in [-0.25, -0.2) is 0 Å². The van der Waals surface area contributed by atoms with Gasteiger partial charge in [0.1, 0.15) is 0 Å². The van der Waals surface area contributed by atoms with Crippen LogP contribution in [0.25, 0.3) is 0 Å². The summed E-state index contributed by atoms with van der Waals surface area (Å²) in [5, 5.41) is 0. The molecule has 4 heteroatoms. The van der Waals surface area contributed by atoms with E-state index in [1.807, 2.05) is 20.8 Å². The minimum atomic E-state index is -0.870. The molecule has 1 heterocycles. The summed E-state index contributed by atoms with van der Waals surface area (Å²) < 4.78 is 5.88. The zero-order chi connectivity index (χ0) is 13.3. The summed E-state index contributed by atoms with van der Waals surface area (Å²) in [7, 11) is 0. The first-order valence-corrected chi connectivity index (χ1v) is 6.39. The molecule has 4 nitrogen and oxygen atoms in total. The van der Waals surface area contributed by atoms with Gasteiger partial charge in [0.2, 0.25) is 5.91 Å². The highest BCUT2D eigenvalue weighted by atomic mass is 16.5. The number of hydrogen-bond acceptors (Lipinski definition) is 3. The minimum Gasteiger partial charge on any atom is -0.347 e. The molecule has 1 aliphatic heterocycles. The van der Waals surface area contributed by atoms with E-state index in [9.17, 15) is 9.59 Å². The maximum atomic E-state index is 12.4. The highest BCUT2D eigenvalue weighted by Crippen LogP contribution is 2.33.